The van der Waals surface area contributed by atoms with Crippen molar-refractivity contribution >= 4 is 15.9 Å². The summed E-state index contributed by atoms with van der Waals surface area (Å²) < 4.78 is 6.89. The lowest BCUT2D eigenvalue weighted by atomic mass is 10.1. The number of ether oxygens (including phenoxy) is 1. The molecule has 0 aliphatic carbocycles. The molecule has 4 heteroatoms. The highest BCUT2D eigenvalue weighted by molar-refractivity contribution is 9.10. The van der Waals surface area contributed by atoms with Gasteiger partial charge in [-0.1, -0.05) is 22.9 Å². The van der Waals surface area contributed by atoms with Gasteiger partial charge >= 0.3 is 0 Å². The van der Waals surface area contributed by atoms with Crippen LogP contribution in [0.2, 0.25) is 0 Å². The summed E-state index contributed by atoms with van der Waals surface area (Å²) in [6.45, 7) is 8.46. The van der Waals surface area contributed by atoms with Crippen LogP contribution < -0.4 is 10.1 Å². The first-order valence-electron chi connectivity index (χ1n) is 7.05. The van der Waals surface area contributed by atoms with E-state index in [2.05, 4.69) is 40.0 Å². The number of halogens is 1. The highest BCUT2D eigenvalue weighted by Crippen LogP contribution is 2.16. The third-order valence-corrected chi connectivity index (χ3v) is 4.19. The molecule has 1 fully saturated rings. The van der Waals surface area contributed by atoms with E-state index in [-0.39, 0.29) is 0 Å². The zero-order valence-corrected chi connectivity index (χ0v) is 13.3. The van der Waals surface area contributed by atoms with Crippen molar-refractivity contribution in [2.75, 3.05) is 26.2 Å². The number of nitrogens with zero attached hydrogens (tertiary/aromatic N) is 1. The van der Waals surface area contributed by atoms with Gasteiger partial charge in [-0.15, -0.1) is 0 Å². The van der Waals surface area contributed by atoms with Crippen molar-refractivity contribution in [2.24, 2.45) is 0 Å². The summed E-state index contributed by atoms with van der Waals surface area (Å²) in [5.74, 6) is 0.944. The molecule has 2 atom stereocenters. The summed E-state index contributed by atoms with van der Waals surface area (Å²) in [5.41, 5.74) is 0. The number of nitrogens with one attached hydrogen (secondary N) is 1. The van der Waals surface area contributed by atoms with Gasteiger partial charge in [0, 0.05) is 36.2 Å². The van der Waals surface area contributed by atoms with Crippen LogP contribution >= 0.6 is 15.9 Å². The van der Waals surface area contributed by atoms with Gasteiger partial charge in [-0.05, 0) is 37.6 Å². The van der Waals surface area contributed by atoms with Crippen LogP contribution in [-0.2, 0) is 0 Å². The SMILES string of the molecule is CCC1CNC(C)CN1CCOc1ccc(Br)cc1. The first-order chi connectivity index (χ1) is 9.19. The van der Waals surface area contributed by atoms with Gasteiger partial charge in [0.05, 0.1) is 0 Å². The topological polar surface area (TPSA) is 24.5 Å². The molecule has 1 saturated heterocycles. The van der Waals surface area contributed by atoms with Gasteiger partial charge in [-0.25, -0.2) is 0 Å². The molecule has 106 valence electrons. The van der Waals surface area contributed by atoms with Crippen LogP contribution in [0, 0.1) is 0 Å². The number of hydrogen-bond donors (Lipinski definition) is 1. The number of benzene rings is 1. The van der Waals surface area contributed by atoms with Crippen LogP contribution in [0.1, 0.15) is 20.3 Å². The van der Waals surface area contributed by atoms with Crippen LogP contribution in [0.25, 0.3) is 0 Å². The van der Waals surface area contributed by atoms with E-state index in [9.17, 15) is 0 Å². The molecule has 1 aliphatic heterocycles. The molecule has 1 aromatic carbocycles. The molecule has 0 spiro atoms. The van der Waals surface area contributed by atoms with Gasteiger partial charge in [0.15, 0.2) is 0 Å². The van der Waals surface area contributed by atoms with Gasteiger partial charge in [0.25, 0.3) is 0 Å². The Bertz CT molecular complexity index is 382. The van der Waals surface area contributed by atoms with Gasteiger partial charge in [-0.3, -0.25) is 4.90 Å². The molecule has 0 aromatic heterocycles. The maximum Gasteiger partial charge on any atom is 0.119 e. The second-order valence-electron chi connectivity index (χ2n) is 5.17. The molecule has 19 heavy (non-hydrogen) atoms. The minimum absolute atomic E-state index is 0.579. The lowest BCUT2D eigenvalue weighted by molar-refractivity contribution is 0.111. The van der Waals surface area contributed by atoms with Gasteiger partial charge in [0.2, 0.25) is 0 Å². The fraction of sp³-hybridized carbons (Fsp3) is 0.600. The largest absolute Gasteiger partial charge is 0.492 e. The van der Waals surface area contributed by atoms with E-state index < -0.39 is 0 Å². The maximum atomic E-state index is 5.81. The maximum absolute atomic E-state index is 5.81. The van der Waals surface area contributed by atoms with E-state index in [4.69, 9.17) is 4.74 Å². The summed E-state index contributed by atoms with van der Waals surface area (Å²) in [7, 11) is 0. The summed E-state index contributed by atoms with van der Waals surface area (Å²) in [4.78, 5) is 2.54. The monoisotopic (exact) mass is 326 g/mol. The summed E-state index contributed by atoms with van der Waals surface area (Å²) in [6, 6.07) is 9.25. The summed E-state index contributed by atoms with van der Waals surface area (Å²) in [5, 5.41) is 3.54. The highest BCUT2D eigenvalue weighted by atomic mass is 79.9. The van der Waals surface area contributed by atoms with Crippen LogP contribution in [0.5, 0.6) is 5.75 Å². The first-order valence-corrected chi connectivity index (χ1v) is 7.84. The molecule has 0 radical (unpaired) electrons. The Morgan fingerprint density at radius 1 is 1.37 bits per heavy atom. The predicted molar refractivity (Wildman–Crippen MR) is 82.8 cm³/mol. The first kappa shape index (κ1) is 14.8. The third kappa shape index (κ3) is 4.48. The standard InChI is InChI=1S/C15H23BrN2O/c1-3-14-10-17-12(2)11-18(14)8-9-19-15-6-4-13(16)5-7-15/h4-7,12,14,17H,3,8-11H2,1-2H3. The zero-order valence-electron chi connectivity index (χ0n) is 11.7. The van der Waals surface area contributed by atoms with Gasteiger partial charge in [-0.2, -0.15) is 0 Å². The molecule has 2 unspecified atom stereocenters. The van der Waals surface area contributed by atoms with E-state index in [0.717, 1.165) is 36.5 Å². The Balaban J connectivity index is 1.78. The molecule has 1 aromatic rings. The smallest absolute Gasteiger partial charge is 0.119 e. The van der Waals surface area contributed by atoms with E-state index in [1.807, 2.05) is 24.3 Å². The van der Waals surface area contributed by atoms with Gasteiger partial charge < -0.3 is 10.1 Å². The quantitative estimate of drug-likeness (QED) is 0.900. The normalized spacial score (nSPS) is 24.4. The predicted octanol–water partition coefficient (Wildman–Crippen LogP) is 2.90. The average molecular weight is 327 g/mol. The average Bonchev–Trinajstić information content (AvgIpc) is 2.41. The summed E-state index contributed by atoms with van der Waals surface area (Å²) in [6.07, 6.45) is 1.19. The second-order valence-corrected chi connectivity index (χ2v) is 6.08. The van der Waals surface area contributed by atoms with Crippen molar-refractivity contribution in [1.82, 2.24) is 10.2 Å². The Morgan fingerprint density at radius 3 is 2.79 bits per heavy atom. The van der Waals surface area contributed by atoms with Crippen molar-refractivity contribution in [3.05, 3.63) is 28.7 Å². The fourth-order valence-electron chi connectivity index (χ4n) is 2.52. The van der Waals surface area contributed by atoms with Gasteiger partial charge in [0.1, 0.15) is 12.4 Å². The molecule has 0 saturated carbocycles. The molecule has 2 rings (SSSR count). The molecule has 3 nitrogen and oxygen atoms in total. The molecular weight excluding hydrogens is 304 g/mol. The highest BCUT2D eigenvalue weighted by Gasteiger charge is 2.23. The third-order valence-electron chi connectivity index (χ3n) is 3.66. The van der Waals surface area contributed by atoms with E-state index in [0.29, 0.717) is 12.1 Å². The lowest BCUT2D eigenvalue weighted by Crippen LogP contribution is -2.56. The Labute approximate surface area is 124 Å². The Hall–Kier alpha value is -0.580. The van der Waals surface area contributed by atoms with Crippen LogP contribution in [0.4, 0.5) is 0 Å². The van der Waals surface area contributed by atoms with Crippen LogP contribution in [0.3, 0.4) is 0 Å². The molecular formula is C15H23BrN2O. The summed E-state index contributed by atoms with van der Waals surface area (Å²) >= 11 is 3.43. The Morgan fingerprint density at radius 2 is 2.11 bits per heavy atom. The molecule has 1 N–H and O–H groups in total. The molecule has 0 amide bonds. The number of hydrogen-bond acceptors (Lipinski definition) is 3. The Kier molecular flexibility index (Phi) is 5.67. The van der Waals surface area contributed by atoms with Crippen molar-refractivity contribution in [1.29, 1.82) is 0 Å². The van der Waals surface area contributed by atoms with Crippen molar-refractivity contribution in [3.63, 3.8) is 0 Å². The minimum Gasteiger partial charge on any atom is -0.492 e. The van der Waals surface area contributed by atoms with E-state index >= 15 is 0 Å². The molecule has 0 bridgehead atoms. The fourth-order valence-corrected chi connectivity index (χ4v) is 2.78. The van der Waals surface area contributed by atoms with E-state index in [1.54, 1.807) is 0 Å². The van der Waals surface area contributed by atoms with E-state index in [1.165, 1.54) is 6.42 Å². The second kappa shape index (κ2) is 7.27. The van der Waals surface area contributed by atoms with Crippen molar-refractivity contribution < 1.29 is 4.74 Å². The lowest BCUT2D eigenvalue weighted by Gasteiger charge is -2.38. The molecule has 1 heterocycles. The van der Waals surface area contributed by atoms with Crippen molar-refractivity contribution in [3.8, 4) is 5.75 Å². The van der Waals surface area contributed by atoms with Crippen LogP contribution in [0.15, 0.2) is 28.7 Å². The zero-order chi connectivity index (χ0) is 13.7. The molecule has 1 aliphatic rings. The van der Waals surface area contributed by atoms with Crippen molar-refractivity contribution in [2.45, 2.75) is 32.4 Å². The minimum atomic E-state index is 0.579. The van der Waals surface area contributed by atoms with Crippen LogP contribution in [-0.4, -0.2) is 43.2 Å². The number of piperazine rings is 1. The number of rotatable bonds is 5.